The van der Waals surface area contributed by atoms with E-state index in [0.29, 0.717) is 11.5 Å². The van der Waals surface area contributed by atoms with Crippen LogP contribution in [0.3, 0.4) is 0 Å². The van der Waals surface area contributed by atoms with Crippen LogP contribution in [0.5, 0.6) is 0 Å². The highest BCUT2D eigenvalue weighted by Crippen LogP contribution is 2.29. The highest BCUT2D eigenvalue weighted by atomic mass is 32.2. The molecule has 23 heavy (non-hydrogen) atoms. The van der Waals surface area contributed by atoms with E-state index in [1.807, 2.05) is 0 Å². The summed E-state index contributed by atoms with van der Waals surface area (Å²) in [6.07, 6.45) is -2.19. The van der Waals surface area contributed by atoms with E-state index in [1.54, 1.807) is 0 Å². The van der Waals surface area contributed by atoms with E-state index in [4.69, 9.17) is 5.11 Å². The van der Waals surface area contributed by atoms with Crippen LogP contribution in [0.15, 0.2) is 12.1 Å². The molecule has 0 spiro atoms. The number of nitrogens with zero attached hydrogens (tertiary/aromatic N) is 1. The lowest BCUT2D eigenvalue weighted by atomic mass is 9.91. The topological polar surface area (TPSA) is 113 Å². The molecule has 0 bridgehead atoms. The molecule has 1 heterocycles. The molecule has 1 saturated heterocycles. The minimum absolute atomic E-state index is 0.0812. The molecule has 1 aromatic carbocycles. The average Bonchev–Trinajstić information content (AvgIpc) is 2.41. The van der Waals surface area contributed by atoms with Crippen molar-refractivity contribution in [1.82, 2.24) is 5.32 Å². The summed E-state index contributed by atoms with van der Waals surface area (Å²) in [5, 5.41) is 31.7. The normalized spacial score (nSPS) is 24.2. The second-order valence-electron chi connectivity index (χ2n) is 5.21. The second kappa shape index (κ2) is 7.09. The van der Waals surface area contributed by atoms with Crippen LogP contribution in [0.1, 0.15) is 5.56 Å². The number of carbonyl (C=O) groups is 1. The first kappa shape index (κ1) is 17.4. The van der Waals surface area contributed by atoms with Crippen LogP contribution in [0.25, 0.3) is 0 Å². The minimum atomic E-state index is -1.27. The van der Waals surface area contributed by atoms with Gasteiger partial charge in [-0.2, -0.15) is 20.5 Å². The summed E-state index contributed by atoms with van der Waals surface area (Å²) in [5.74, 6) is -2.09. The van der Waals surface area contributed by atoms with E-state index in [-0.39, 0.29) is 12.0 Å². The Bertz CT molecular complexity index is 607. The first-order chi connectivity index (χ1) is 10.8. The molecule has 1 fully saturated rings. The predicted molar refractivity (Wildman–Crippen MR) is 78.5 cm³/mol. The van der Waals surface area contributed by atoms with Crippen molar-refractivity contribution in [3.8, 4) is 0 Å². The van der Waals surface area contributed by atoms with Crippen LogP contribution in [0, 0.1) is 27.7 Å². The van der Waals surface area contributed by atoms with Gasteiger partial charge in [-0.3, -0.25) is 10.1 Å². The largest absolute Gasteiger partial charge is 0.465 e. The standard InChI is InChI=1S/C13H14F2N2O5S/c14-8-2-6(3-9(15)11(8)17(21)22)1-7-4-23-5-10(12(7)18)16-13(19)20/h2-3,7,10,12,16,18H,1,4-5H2,(H,19,20)/t7-,10+,12+/m1/s1. The Hall–Kier alpha value is -1.94. The molecule has 1 aliphatic heterocycles. The van der Waals surface area contributed by atoms with Crippen molar-refractivity contribution in [3.63, 3.8) is 0 Å². The van der Waals surface area contributed by atoms with Crippen LogP contribution in [-0.2, 0) is 6.42 Å². The maximum Gasteiger partial charge on any atom is 0.404 e. The number of nitro groups is 1. The molecular formula is C13H14F2N2O5S. The number of amides is 1. The van der Waals surface area contributed by atoms with Crippen LogP contribution in [-0.4, -0.2) is 44.9 Å². The van der Waals surface area contributed by atoms with Gasteiger partial charge in [-0.15, -0.1) is 0 Å². The van der Waals surface area contributed by atoms with E-state index in [0.717, 1.165) is 12.1 Å². The van der Waals surface area contributed by atoms with Gasteiger partial charge >= 0.3 is 11.8 Å². The van der Waals surface area contributed by atoms with Crippen molar-refractivity contribution in [2.75, 3.05) is 11.5 Å². The van der Waals surface area contributed by atoms with Gasteiger partial charge in [0.25, 0.3) is 0 Å². The summed E-state index contributed by atoms with van der Waals surface area (Å²) in [7, 11) is 0. The van der Waals surface area contributed by atoms with Crippen molar-refractivity contribution in [3.05, 3.63) is 39.4 Å². The monoisotopic (exact) mass is 348 g/mol. The number of hydrogen-bond donors (Lipinski definition) is 3. The average molecular weight is 348 g/mol. The quantitative estimate of drug-likeness (QED) is 0.565. The Morgan fingerprint density at radius 2 is 2.00 bits per heavy atom. The molecule has 7 nitrogen and oxygen atoms in total. The van der Waals surface area contributed by atoms with Crippen LogP contribution >= 0.6 is 11.8 Å². The number of benzene rings is 1. The summed E-state index contributed by atoms with van der Waals surface area (Å²) in [5.41, 5.74) is -1.04. The lowest BCUT2D eigenvalue weighted by Gasteiger charge is -2.34. The number of nitro benzene ring substituents is 1. The van der Waals surface area contributed by atoms with Crippen LogP contribution in [0.2, 0.25) is 0 Å². The minimum Gasteiger partial charge on any atom is -0.465 e. The van der Waals surface area contributed by atoms with E-state index in [9.17, 15) is 28.8 Å². The maximum absolute atomic E-state index is 13.6. The molecule has 0 saturated carbocycles. The zero-order valence-electron chi connectivity index (χ0n) is 11.7. The number of rotatable bonds is 4. The molecule has 126 valence electrons. The maximum atomic E-state index is 13.6. The number of hydrogen-bond acceptors (Lipinski definition) is 5. The second-order valence-corrected chi connectivity index (χ2v) is 6.29. The lowest BCUT2D eigenvalue weighted by molar-refractivity contribution is -0.390. The van der Waals surface area contributed by atoms with Gasteiger partial charge in [-0.1, -0.05) is 0 Å². The Morgan fingerprint density at radius 1 is 1.39 bits per heavy atom. The number of thioether (sulfide) groups is 1. The summed E-state index contributed by atoms with van der Waals surface area (Å²) in [4.78, 5) is 20.1. The third kappa shape index (κ3) is 4.08. The molecular weight excluding hydrogens is 334 g/mol. The molecule has 10 heteroatoms. The fraction of sp³-hybridized carbons (Fsp3) is 0.462. The predicted octanol–water partition coefficient (Wildman–Crippen LogP) is 1.78. The van der Waals surface area contributed by atoms with Crippen molar-refractivity contribution in [2.45, 2.75) is 18.6 Å². The summed E-state index contributed by atoms with van der Waals surface area (Å²) in [6.45, 7) is 0. The summed E-state index contributed by atoms with van der Waals surface area (Å²) in [6, 6.07) is 1.06. The first-order valence-corrected chi connectivity index (χ1v) is 7.82. The Balaban J connectivity index is 2.15. The van der Waals surface area contributed by atoms with E-state index in [2.05, 4.69) is 5.32 Å². The van der Waals surface area contributed by atoms with Crippen molar-refractivity contribution >= 4 is 23.5 Å². The van der Waals surface area contributed by atoms with E-state index >= 15 is 0 Å². The van der Waals surface area contributed by atoms with Gasteiger partial charge in [0.1, 0.15) is 0 Å². The fourth-order valence-electron chi connectivity index (χ4n) is 2.55. The molecule has 0 aliphatic carbocycles. The van der Waals surface area contributed by atoms with Gasteiger partial charge in [-0.05, 0) is 35.8 Å². The summed E-state index contributed by atoms with van der Waals surface area (Å²) < 4.78 is 27.2. The highest BCUT2D eigenvalue weighted by molar-refractivity contribution is 7.99. The molecule has 0 unspecified atom stereocenters. The van der Waals surface area contributed by atoms with Crippen molar-refractivity contribution in [2.24, 2.45) is 5.92 Å². The summed E-state index contributed by atoms with van der Waals surface area (Å²) >= 11 is 1.41. The van der Waals surface area contributed by atoms with Gasteiger partial charge in [-0.25, -0.2) is 4.79 Å². The third-order valence-corrected chi connectivity index (χ3v) is 4.85. The molecule has 0 aromatic heterocycles. The number of carboxylic acid groups (broad SMARTS) is 1. The van der Waals surface area contributed by atoms with Gasteiger partial charge in [0.05, 0.1) is 17.1 Å². The Kier molecular flexibility index (Phi) is 5.37. The fourth-order valence-corrected chi connectivity index (χ4v) is 3.84. The Labute approximate surface area is 133 Å². The molecule has 3 N–H and O–H groups in total. The van der Waals surface area contributed by atoms with Crippen LogP contribution < -0.4 is 5.32 Å². The van der Waals surface area contributed by atoms with Crippen LogP contribution in [0.4, 0.5) is 19.3 Å². The van der Waals surface area contributed by atoms with Crippen molar-refractivity contribution < 1.29 is 28.7 Å². The molecule has 1 amide bonds. The molecule has 1 aromatic rings. The molecule has 3 atom stereocenters. The molecule has 0 radical (unpaired) electrons. The number of aliphatic hydroxyl groups excluding tert-OH is 1. The van der Waals surface area contributed by atoms with Gasteiger partial charge in [0.2, 0.25) is 11.6 Å². The zero-order valence-corrected chi connectivity index (χ0v) is 12.6. The zero-order chi connectivity index (χ0) is 17.1. The van der Waals surface area contributed by atoms with E-state index < -0.39 is 46.4 Å². The number of halogens is 2. The number of nitrogens with one attached hydrogen (secondary N) is 1. The van der Waals surface area contributed by atoms with Gasteiger partial charge in [0, 0.05) is 5.75 Å². The molecule has 2 rings (SSSR count). The van der Waals surface area contributed by atoms with Gasteiger partial charge < -0.3 is 15.5 Å². The first-order valence-electron chi connectivity index (χ1n) is 6.67. The third-order valence-electron chi connectivity index (χ3n) is 3.59. The van der Waals surface area contributed by atoms with Crippen molar-refractivity contribution in [1.29, 1.82) is 0 Å². The molecule has 1 aliphatic rings. The van der Waals surface area contributed by atoms with Gasteiger partial charge in [0.15, 0.2) is 0 Å². The lowest BCUT2D eigenvalue weighted by Crippen LogP contribution is -2.51. The highest BCUT2D eigenvalue weighted by Gasteiger charge is 2.34. The SMILES string of the molecule is O=C(O)N[C@H]1CSC[C@@H](Cc2cc(F)c([N+](=O)[O-])c(F)c2)[C@@H]1O. The Morgan fingerprint density at radius 3 is 2.52 bits per heavy atom. The van der Waals surface area contributed by atoms with E-state index in [1.165, 1.54) is 11.8 Å². The smallest absolute Gasteiger partial charge is 0.404 e. The number of aliphatic hydroxyl groups is 1.